The fourth-order valence-electron chi connectivity index (χ4n) is 4.21. The minimum atomic E-state index is -1.67. The maximum Gasteiger partial charge on any atom is 0.194 e. The van der Waals surface area contributed by atoms with Crippen molar-refractivity contribution in [1.29, 1.82) is 0 Å². The monoisotopic (exact) mass is 673 g/mol. The summed E-state index contributed by atoms with van der Waals surface area (Å²) < 4.78 is 65.0. The first-order valence-corrected chi connectivity index (χ1v) is 15.0. The molecule has 7 unspecified atom stereocenters. The van der Waals surface area contributed by atoms with Crippen LogP contribution in [-0.2, 0) is 13.9 Å². The molecule has 0 radical (unpaired) electrons. The number of hydrogen-bond acceptors (Lipinski definition) is 14. The van der Waals surface area contributed by atoms with E-state index in [-0.39, 0.29) is 17.8 Å². The molecule has 0 aliphatic carbocycles. The predicted molar refractivity (Wildman–Crippen MR) is 156 cm³/mol. The van der Waals surface area contributed by atoms with E-state index >= 15 is 0 Å². The molecule has 1 aromatic carbocycles. The Bertz CT molecular complexity index is 1050. The minimum absolute atomic E-state index is 0.215. The SMILES string of the molecule is CC(O)C(CO)OC(CN(N)/C=C(\N)c1cc(F)c(F)c(F)c1)SOC(COF)C(O)C(NN=NCC1CCNCC1)C(C)O. The number of hydrazine groups is 1. The number of nitrogens with one attached hydrogen (secondary N) is 2. The number of hydrogen-bond donors (Lipinski definition) is 8. The van der Waals surface area contributed by atoms with Gasteiger partial charge in [-0.25, -0.2) is 19.0 Å². The molecule has 0 saturated carbocycles. The Labute approximate surface area is 262 Å². The largest absolute Gasteiger partial charge is 0.397 e. The quantitative estimate of drug-likeness (QED) is 0.0182. The molecule has 1 aliphatic heterocycles. The van der Waals surface area contributed by atoms with Gasteiger partial charge in [-0.2, -0.15) is 10.1 Å². The summed E-state index contributed by atoms with van der Waals surface area (Å²) in [5.74, 6) is 1.72. The summed E-state index contributed by atoms with van der Waals surface area (Å²) in [5.41, 5.74) is 6.80. The van der Waals surface area contributed by atoms with Crippen molar-refractivity contribution in [3.8, 4) is 0 Å². The van der Waals surface area contributed by atoms with Gasteiger partial charge in [0.05, 0.1) is 43.6 Å². The lowest BCUT2D eigenvalue weighted by Gasteiger charge is -2.32. The second kappa shape index (κ2) is 20.0. The molecule has 258 valence electrons. The van der Waals surface area contributed by atoms with E-state index in [1.165, 1.54) is 13.8 Å². The van der Waals surface area contributed by atoms with Crippen molar-refractivity contribution in [3.05, 3.63) is 41.3 Å². The molecule has 2 rings (SSSR count). The molecule has 1 fully saturated rings. The van der Waals surface area contributed by atoms with Crippen molar-refractivity contribution in [2.45, 2.75) is 68.7 Å². The van der Waals surface area contributed by atoms with E-state index in [2.05, 4.69) is 26.0 Å². The van der Waals surface area contributed by atoms with Crippen molar-refractivity contribution < 1.29 is 52.0 Å². The number of aliphatic hydroxyl groups excluding tert-OH is 4. The molecule has 7 atom stereocenters. The molecule has 0 amide bonds. The summed E-state index contributed by atoms with van der Waals surface area (Å²) >= 11 is 0.512. The van der Waals surface area contributed by atoms with E-state index in [0.717, 1.165) is 37.1 Å². The maximum atomic E-state index is 13.7. The predicted octanol–water partition coefficient (Wildman–Crippen LogP) is 0.622. The number of rotatable bonds is 20. The molecule has 1 aliphatic rings. The highest BCUT2D eigenvalue weighted by Crippen LogP contribution is 2.24. The van der Waals surface area contributed by atoms with E-state index < -0.39 is 72.7 Å². The third-order valence-electron chi connectivity index (χ3n) is 6.88. The van der Waals surface area contributed by atoms with Crippen LogP contribution in [0.1, 0.15) is 32.3 Å². The van der Waals surface area contributed by atoms with E-state index in [1.807, 2.05) is 0 Å². The maximum absolute atomic E-state index is 13.7. The van der Waals surface area contributed by atoms with Gasteiger partial charge in [0.1, 0.15) is 30.4 Å². The minimum Gasteiger partial charge on any atom is -0.397 e. The number of ether oxygens (including phenoxy) is 1. The van der Waals surface area contributed by atoms with E-state index in [1.54, 1.807) is 0 Å². The zero-order valence-electron chi connectivity index (χ0n) is 24.9. The highest BCUT2D eigenvalue weighted by molar-refractivity contribution is 7.95. The molecule has 1 aromatic rings. The molecule has 0 spiro atoms. The first kappa shape index (κ1) is 38.9. The zero-order valence-corrected chi connectivity index (χ0v) is 25.8. The second-order valence-corrected chi connectivity index (χ2v) is 11.5. The first-order chi connectivity index (χ1) is 21.4. The van der Waals surface area contributed by atoms with Gasteiger partial charge in [-0.3, -0.25) is 5.43 Å². The number of nitrogens with zero attached hydrogens (tertiary/aromatic N) is 3. The summed E-state index contributed by atoms with van der Waals surface area (Å²) in [7, 11) is 0. The van der Waals surface area contributed by atoms with Gasteiger partial charge in [0.25, 0.3) is 0 Å². The Hall–Kier alpha value is -2.33. The molecular formula is C26H43F4N7O7S. The van der Waals surface area contributed by atoms with Crippen molar-refractivity contribution in [2.75, 3.05) is 39.4 Å². The summed E-state index contributed by atoms with van der Waals surface area (Å²) in [5, 5.41) is 52.9. The standard InChI is InChI=1S/C26H43F4N7O7S/c1-14(39)21(12-38)43-23(11-37(32)10-20(31)17-7-18(27)24(29)19(28)8-17)45-44-22(13-42-30)26(41)25(15(2)40)35-36-34-9-16-3-5-33-6-4-16/h7-8,10,14-16,21-23,25-26,33,38-41H,3-6,9,11-13,31-32H2,1-2H3,(H,34,35)/b20-10-. The van der Waals surface area contributed by atoms with Gasteiger partial charge in [0.15, 0.2) is 17.5 Å². The number of aliphatic hydroxyl groups is 4. The molecule has 0 bridgehead atoms. The summed E-state index contributed by atoms with van der Waals surface area (Å²) in [6, 6.07) is 0.165. The summed E-state index contributed by atoms with van der Waals surface area (Å²) in [4.78, 5) is 3.71. The Balaban J connectivity index is 2.14. The molecule has 45 heavy (non-hydrogen) atoms. The van der Waals surface area contributed by atoms with Gasteiger partial charge in [0, 0.05) is 23.8 Å². The smallest absolute Gasteiger partial charge is 0.194 e. The highest BCUT2D eigenvalue weighted by atomic mass is 32.2. The van der Waals surface area contributed by atoms with Crippen LogP contribution in [0, 0.1) is 23.4 Å². The second-order valence-electron chi connectivity index (χ2n) is 10.6. The molecule has 1 saturated heterocycles. The van der Waals surface area contributed by atoms with Crippen molar-refractivity contribution in [2.24, 2.45) is 27.8 Å². The summed E-state index contributed by atoms with van der Waals surface area (Å²) in [6.45, 7) is 3.18. The third kappa shape index (κ3) is 13.1. The Morgan fingerprint density at radius 1 is 1.16 bits per heavy atom. The van der Waals surface area contributed by atoms with Gasteiger partial charge < -0.3 is 45.4 Å². The van der Waals surface area contributed by atoms with Gasteiger partial charge in [-0.05, 0) is 62.4 Å². The van der Waals surface area contributed by atoms with E-state index in [9.17, 15) is 38.1 Å². The molecule has 1 heterocycles. The van der Waals surface area contributed by atoms with Crippen LogP contribution in [0.2, 0.25) is 0 Å². The van der Waals surface area contributed by atoms with Crippen LogP contribution in [0.3, 0.4) is 0 Å². The van der Waals surface area contributed by atoms with Crippen LogP contribution in [0.15, 0.2) is 28.7 Å². The first-order valence-electron chi connectivity index (χ1n) is 14.2. The molecule has 10 N–H and O–H groups in total. The summed E-state index contributed by atoms with van der Waals surface area (Å²) in [6.07, 6.45) is -3.63. The van der Waals surface area contributed by atoms with E-state index in [4.69, 9.17) is 20.5 Å². The third-order valence-corrected chi connectivity index (χ3v) is 7.72. The molecule has 0 aromatic heterocycles. The van der Waals surface area contributed by atoms with Gasteiger partial charge in [0.2, 0.25) is 0 Å². The Morgan fingerprint density at radius 3 is 2.36 bits per heavy atom. The normalized spacial score (nSPS) is 19.6. The van der Waals surface area contributed by atoms with Crippen LogP contribution >= 0.6 is 12.0 Å². The van der Waals surface area contributed by atoms with Crippen molar-refractivity contribution in [3.63, 3.8) is 0 Å². The molecule has 19 heteroatoms. The Kier molecular flexibility index (Phi) is 17.3. The van der Waals surface area contributed by atoms with Crippen LogP contribution in [-0.4, -0.2) is 107 Å². The lowest BCUT2D eigenvalue weighted by Crippen LogP contribution is -2.52. The van der Waals surface area contributed by atoms with Crippen LogP contribution < -0.4 is 22.3 Å². The van der Waals surface area contributed by atoms with Crippen molar-refractivity contribution >= 4 is 17.7 Å². The molecular weight excluding hydrogens is 630 g/mol. The van der Waals surface area contributed by atoms with Crippen molar-refractivity contribution in [1.82, 2.24) is 15.8 Å². The average Bonchev–Trinajstić information content (AvgIpc) is 2.99. The van der Waals surface area contributed by atoms with Gasteiger partial charge >= 0.3 is 0 Å². The molecule has 14 nitrogen and oxygen atoms in total. The van der Waals surface area contributed by atoms with Crippen LogP contribution in [0.4, 0.5) is 17.7 Å². The highest BCUT2D eigenvalue weighted by Gasteiger charge is 2.34. The van der Waals surface area contributed by atoms with Gasteiger partial charge in [-0.15, -0.1) is 0 Å². The number of halogens is 4. The van der Waals surface area contributed by atoms with Crippen LogP contribution in [0.5, 0.6) is 0 Å². The number of benzene rings is 1. The number of nitrogens with two attached hydrogens (primary N) is 2. The zero-order chi connectivity index (χ0) is 33.5. The topological polar surface area (TPSA) is 213 Å². The fraction of sp³-hybridized carbons (Fsp3) is 0.692. The number of piperidine rings is 1. The van der Waals surface area contributed by atoms with Gasteiger partial charge in [-0.1, -0.05) is 5.22 Å². The average molecular weight is 674 g/mol. The lowest BCUT2D eigenvalue weighted by molar-refractivity contribution is -0.170. The van der Waals surface area contributed by atoms with E-state index in [0.29, 0.717) is 36.6 Å². The fourth-order valence-corrected chi connectivity index (χ4v) is 5.07. The Morgan fingerprint density at radius 2 is 1.80 bits per heavy atom. The lowest BCUT2D eigenvalue weighted by atomic mass is 9.99. The van der Waals surface area contributed by atoms with Crippen LogP contribution in [0.25, 0.3) is 5.70 Å².